The van der Waals surface area contributed by atoms with E-state index in [1.165, 1.54) is 0 Å². The Hall–Kier alpha value is -0.270. The number of rotatable bonds is 2. The maximum absolute atomic E-state index is 12.5. The highest BCUT2D eigenvalue weighted by Crippen LogP contribution is 2.31. The summed E-state index contributed by atoms with van der Waals surface area (Å²) in [5, 5.41) is 2.39. The van der Waals surface area contributed by atoms with E-state index in [2.05, 4.69) is 5.32 Å². The Kier molecular flexibility index (Phi) is 2.28. The maximum atomic E-state index is 12.5. The van der Waals surface area contributed by atoms with Crippen molar-refractivity contribution in [1.29, 1.82) is 0 Å². The molecule has 0 bridgehead atoms. The minimum atomic E-state index is -3.48. The Bertz CT molecular complexity index is 317. The molecule has 4 nitrogen and oxygen atoms in total. The van der Waals surface area contributed by atoms with Crippen LogP contribution in [0.2, 0.25) is 0 Å². The Morgan fingerprint density at radius 3 is 2.43 bits per heavy atom. The van der Waals surface area contributed by atoms with Crippen LogP contribution in [0.25, 0.3) is 0 Å². The van der Waals surface area contributed by atoms with Crippen molar-refractivity contribution >= 4 is 10.0 Å². The Morgan fingerprint density at radius 2 is 2.00 bits per heavy atom. The molecule has 2 saturated heterocycles. The monoisotopic (exact) mass is 226 g/mol. The van der Waals surface area contributed by atoms with Crippen LogP contribution in [0.5, 0.6) is 0 Å². The van der Waals surface area contributed by atoms with Crippen molar-refractivity contribution in [3.63, 3.8) is 0 Å². The molecule has 82 valence electrons. The molecule has 0 aromatic heterocycles. The van der Waals surface area contributed by atoms with Crippen molar-refractivity contribution in [2.45, 2.75) is 17.6 Å². The third-order valence-corrected chi connectivity index (χ3v) is 4.83. The second-order valence-electron chi connectivity index (χ2n) is 3.78. The summed E-state index contributed by atoms with van der Waals surface area (Å²) in [6.45, 7) is -0.268. The predicted molar refractivity (Wildman–Crippen MR) is 46.7 cm³/mol. The lowest BCUT2D eigenvalue weighted by atomic mass is 10.2. The number of hydrogen-bond acceptors (Lipinski definition) is 3. The molecule has 0 aliphatic carbocycles. The van der Waals surface area contributed by atoms with Crippen LogP contribution in [0.3, 0.4) is 0 Å². The van der Waals surface area contributed by atoms with E-state index < -0.39 is 34.3 Å². The summed E-state index contributed by atoms with van der Waals surface area (Å²) in [4.78, 5) is 0. The van der Waals surface area contributed by atoms with Crippen LogP contribution in [0.1, 0.15) is 6.42 Å². The summed E-state index contributed by atoms with van der Waals surface area (Å²) in [6.07, 6.45) is 0.518. The van der Waals surface area contributed by atoms with Crippen molar-refractivity contribution in [2.24, 2.45) is 0 Å². The first-order valence-corrected chi connectivity index (χ1v) is 6.00. The molecule has 2 aliphatic heterocycles. The van der Waals surface area contributed by atoms with Gasteiger partial charge in [0.25, 0.3) is 5.92 Å². The van der Waals surface area contributed by atoms with E-state index in [4.69, 9.17) is 0 Å². The third kappa shape index (κ3) is 1.64. The van der Waals surface area contributed by atoms with Crippen molar-refractivity contribution in [3.8, 4) is 0 Å². The van der Waals surface area contributed by atoms with Crippen LogP contribution in [0, 0.1) is 0 Å². The van der Waals surface area contributed by atoms with Gasteiger partial charge in [-0.25, -0.2) is 17.2 Å². The van der Waals surface area contributed by atoms with Gasteiger partial charge in [0.15, 0.2) is 0 Å². The van der Waals surface area contributed by atoms with Crippen molar-refractivity contribution < 1.29 is 17.2 Å². The van der Waals surface area contributed by atoms with E-state index in [0.717, 1.165) is 4.31 Å². The zero-order valence-electron chi connectivity index (χ0n) is 7.54. The molecule has 2 aliphatic rings. The molecule has 2 heterocycles. The van der Waals surface area contributed by atoms with Crippen LogP contribution in [-0.4, -0.2) is 50.1 Å². The number of sulfonamides is 1. The van der Waals surface area contributed by atoms with Crippen LogP contribution in [-0.2, 0) is 10.0 Å². The van der Waals surface area contributed by atoms with Gasteiger partial charge in [-0.05, 0) is 13.0 Å². The molecule has 2 fully saturated rings. The minimum absolute atomic E-state index is 0.379. The summed E-state index contributed by atoms with van der Waals surface area (Å²) in [5.74, 6) is -2.82. The average Bonchev–Trinajstić information content (AvgIpc) is 2.51. The molecule has 14 heavy (non-hydrogen) atoms. The minimum Gasteiger partial charge on any atom is -0.315 e. The number of hydrogen-bond donors (Lipinski definition) is 1. The fourth-order valence-electron chi connectivity index (χ4n) is 1.74. The smallest absolute Gasteiger partial charge is 0.275 e. The van der Waals surface area contributed by atoms with E-state index >= 15 is 0 Å². The highest BCUT2D eigenvalue weighted by molar-refractivity contribution is 7.89. The van der Waals surface area contributed by atoms with E-state index in [9.17, 15) is 17.2 Å². The van der Waals surface area contributed by atoms with Gasteiger partial charge in [0.1, 0.15) is 0 Å². The molecular weight excluding hydrogens is 214 g/mol. The summed E-state index contributed by atoms with van der Waals surface area (Å²) >= 11 is 0. The molecule has 0 spiro atoms. The first kappa shape index (κ1) is 10.3. The topological polar surface area (TPSA) is 49.4 Å². The fourth-order valence-corrected chi connectivity index (χ4v) is 3.65. The van der Waals surface area contributed by atoms with Gasteiger partial charge >= 0.3 is 0 Å². The second-order valence-corrected chi connectivity index (χ2v) is 6.00. The molecule has 0 saturated carbocycles. The lowest BCUT2D eigenvalue weighted by Gasteiger charge is -2.38. The zero-order valence-corrected chi connectivity index (χ0v) is 8.36. The summed E-state index contributed by atoms with van der Waals surface area (Å²) < 4.78 is 49.2. The molecule has 0 amide bonds. The van der Waals surface area contributed by atoms with E-state index in [-0.39, 0.29) is 0 Å². The largest absolute Gasteiger partial charge is 0.315 e. The van der Waals surface area contributed by atoms with Crippen LogP contribution >= 0.6 is 0 Å². The molecule has 2 rings (SSSR count). The first-order valence-electron chi connectivity index (χ1n) is 4.49. The molecular formula is C7H12F2N2O2S. The highest BCUT2D eigenvalue weighted by atomic mass is 32.2. The van der Waals surface area contributed by atoms with Gasteiger partial charge in [0.05, 0.1) is 18.3 Å². The lowest BCUT2D eigenvalue weighted by Crippen LogP contribution is -2.60. The van der Waals surface area contributed by atoms with Crippen LogP contribution < -0.4 is 5.32 Å². The van der Waals surface area contributed by atoms with Gasteiger partial charge in [0.2, 0.25) is 10.0 Å². The standard InChI is InChI=1S/C7H12F2N2O2S/c8-7(9)4-11(5-7)14(12,13)6-1-2-10-3-6/h6,10H,1-5H2. The van der Waals surface area contributed by atoms with Gasteiger partial charge in [-0.3, -0.25) is 0 Å². The van der Waals surface area contributed by atoms with Gasteiger partial charge in [-0.15, -0.1) is 0 Å². The lowest BCUT2D eigenvalue weighted by molar-refractivity contribution is -0.0947. The maximum Gasteiger partial charge on any atom is 0.275 e. The average molecular weight is 226 g/mol. The number of alkyl halides is 2. The Labute approximate surface area is 81.3 Å². The van der Waals surface area contributed by atoms with Gasteiger partial charge in [-0.2, -0.15) is 4.31 Å². The SMILES string of the molecule is O=S(=O)(C1CCNC1)N1CC(F)(F)C1. The zero-order chi connectivity index (χ0) is 10.4. The molecule has 1 atom stereocenters. The summed E-state index contributed by atoms with van der Waals surface area (Å²) in [7, 11) is -3.48. The normalized spacial score (nSPS) is 32.9. The van der Waals surface area contributed by atoms with Crippen molar-refractivity contribution in [2.75, 3.05) is 26.2 Å². The van der Waals surface area contributed by atoms with Crippen LogP contribution in [0.4, 0.5) is 8.78 Å². The van der Waals surface area contributed by atoms with E-state index in [0.29, 0.717) is 19.5 Å². The number of nitrogens with one attached hydrogen (secondary N) is 1. The molecule has 0 radical (unpaired) electrons. The number of halogens is 2. The summed E-state index contributed by atoms with van der Waals surface area (Å²) in [6, 6.07) is 0. The fraction of sp³-hybridized carbons (Fsp3) is 1.00. The van der Waals surface area contributed by atoms with Crippen molar-refractivity contribution in [1.82, 2.24) is 9.62 Å². The van der Waals surface area contributed by atoms with Gasteiger partial charge < -0.3 is 5.32 Å². The van der Waals surface area contributed by atoms with Crippen LogP contribution in [0.15, 0.2) is 0 Å². The molecule has 0 aromatic rings. The second kappa shape index (κ2) is 3.11. The Balaban J connectivity index is 2.03. The predicted octanol–water partition coefficient (Wildman–Crippen LogP) is -0.371. The first-order chi connectivity index (χ1) is 6.42. The molecule has 0 aromatic carbocycles. The van der Waals surface area contributed by atoms with Crippen molar-refractivity contribution in [3.05, 3.63) is 0 Å². The van der Waals surface area contributed by atoms with E-state index in [1.54, 1.807) is 0 Å². The Morgan fingerprint density at radius 1 is 1.36 bits per heavy atom. The molecule has 7 heteroatoms. The van der Waals surface area contributed by atoms with E-state index in [1.807, 2.05) is 0 Å². The quantitative estimate of drug-likeness (QED) is 0.699. The third-order valence-electron chi connectivity index (χ3n) is 2.61. The van der Waals surface area contributed by atoms with Gasteiger partial charge in [0, 0.05) is 6.54 Å². The highest BCUT2D eigenvalue weighted by Gasteiger charge is 2.51. The molecule has 1 N–H and O–H groups in total. The molecule has 1 unspecified atom stereocenters. The number of nitrogens with zero attached hydrogens (tertiary/aromatic N) is 1. The summed E-state index contributed by atoms with van der Waals surface area (Å²) in [5.41, 5.74) is 0. The van der Waals surface area contributed by atoms with Gasteiger partial charge in [-0.1, -0.05) is 0 Å².